The Kier molecular flexibility index (Phi) is 3.10. The van der Waals surface area contributed by atoms with Crippen LogP contribution in [0.4, 0.5) is 4.79 Å². The van der Waals surface area contributed by atoms with E-state index < -0.39 is 12.2 Å². The number of aliphatic hydroxyl groups is 1. The molecule has 86 valence electrons. The highest BCUT2D eigenvalue weighted by molar-refractivity contribution is 5.65. The van der Waals surface area contributed by atoms with Crippen LogP contribution in [0.1, 0.15) is 17.9 Å². The maximum atomic E-state index is 10.9. The number of benzene rings is 1. The maximum absolute atomic E-state index is 10.9. The average molecular weight is 221 g/mol. The molecule has 1 aliphatic rings. The number of hydrogen-bond donors (Lipinski definition) is 2. The number of rotatable bonds is 1. The number of carboxylic acid groups (broad SMARTS) is 1. The molecule has 1 saturated heterocycles. The Morgan fingerprint density at radius 1 is 1.31 bits per heavy atom. The number of hydrogen-bond acceptors (Lipinski definition) is 2. The molecular weight excluding hydrogens is 206 g/mol. The SMILES string of the molecule is O=C(O)N1CC[C@H](O)[C@H](c2ccccc2)C1. The predicted octanol–water partition coefficient (Wildman–Crippen LogP) is 1.51. The summed E-state index contributed by atoms with van der Waals surface area (Å²) in [6, 6.07) is 9.58. The second-order valence-corrected chi connectivity index (χ2v) is 4.10. The Morgan fingerprint density at radius 2 is 2.00 bits per heavy atom. The molecule has 4 heteroatoms. The topological polar surface area (TPSA) is 60.8 Å². The molecule has 0 aliphatic carbocycles. The molecule has 2 N–H and O–H groups in total. The van der Waals surface area contributed by atoms with Crippen molar-refractivity contribution in [2.45, 2.75) is 18.4 Å². The van der Waals surface area contributed by atoms with E-state index in [1.54, 1.807) is 0 Å². The molecule has 0 spiro atoms. The van der Waals surface area contributed by atoms with Gasteiger partial charge in [0.15, 0.2) is 0 Å². The van der Waals surface area contributed by atoms with Gasteiger partial charge in [0.2, 0.25) is 0 Å². The summed E-state index contributed by atoms with van der Waals surface area (Å²) in [5, 5.41) is 18.8. The molecule has 2 rings (SSSR count). The Hall–Kier alpha value is -1.55. The van der Waals surface area contributed by atoms with Crippen LogP contribution in [0.25, 0.3) is 0 Å². The highest BCUT2D eigenvalue weighted by atomic mass is 16.4. The third kappa shape index (κ3) is 2.17. The average Bonchev–Trinajstić information content (AvgIpc) is 2.30. The summed E-state index contributed by atoms with van der Waals surface area (Å²) < 4.78 is 0. The third-order valence-electron chi connectivity index (χ3n) is 3.07. The minimum atomic E-state index is -0.909. The van der Waals surface area contributed by atoms with E-state index in [9.17, 15) is 9.90 Å². The van der Waals surface area contributed by atoms with Crippen LogP contribution in [0.2, 0.25) is 0 Å². The lowest BCUT2D eigenvalue weighted by atomic mass is 9.88. The van der Waals surface area contributed by atoms with Crippen LogP contribution >= 0.6 is 0 Å². The van der Waals surface area contributed by atoms with Gasteiger partial charge in [-0.3, -0.25) is 0 Å². The molecule has 1 aromatic carbocycles. The van der Waals surface area contributed by atoms with Crippen molar-refractivity contribution in [3.63, 3.8) is 0 Å². The van der Waals surface area contributed by atoms with Gasteiger partial charge in [-0.2, -0.15) is 0 Å². The molecule has 4 nitrogen and oxygen atoms in total. The first-order chi connectivity index (χ1) is 7.68. The third-order valence-corrected chi connectivity index (χ3v) is 3.07. The molecular formula is C12H15NO3. The van der Waals surface area contributed by atoms with E-state index >= 15 is 0 Å². The van der Waals surface area contributed by atoms with Gasteiger partial charge in [0.1, 0.15) is 0 Å². The second-order valence-electron chi connectivity index (χ2n) is 4.10. The van der Waals surface area contributed by atoms with Gasteiger partial charge < -0.3 is 15.1 Å². The Balaban J connectivity index is 2.16. The van der Waals surface area contributed by atoms with E-state index in [0.29, 0.717) is 19.5 Å². The first-order valence-electron chi connectivity index (χ1n) is 5.39. The number of amides is 1. The van der Waals surface area contributed by atoms with Gasteiger partial charge in [0.05, 0.1) is 6.10 Å². The van der Waals surface area contributed by atoms with E-state index in [0.717, 1.165) is 5.56 Å². The lowest BCUT2D eigenvalue weighted by Gasteiger charge is -2.34. The van der Waals surface area contributed by atoms with Gasteiger partial charge in [0, 0.05) is 19.0 Å². The molecule has 2 atom stereocenters. The van der Waals surface area contributed by atoms with Crippen molar-refractivity contribution < 1.29 is 15.0 Å². The standard InChI is InChI=1S/C12H15NO3/c14-11-6-7-13(12(15)16)8-10(11)9-4-2-1-3-5-9/h1-5,10-11,14H,6-8H2,(H,15,16)/t10-,11-/m0/s1. The number of carbonyl (C=O) groups is 1. The van der Waals surface area contributed by atoms with Crippen molar-refractivity contribution >= 4 is 6.09 Å². The van der Waals surface area contributed by atoms with Crippen LogP contribution < -0.4 is 0 Å². The predicted molar refractivity (Wildman–Crippen MR) is 59.4 cm³/mol. The molecule has 1 amide bonds. The van der Waals surface area contributed by atoms with Gasteiger partial charge >= 0.3 is 6.09 Å². The Bertz CT molecular complexity index is 366. The van der Waals surface area contributed by atoms with E-state index in [4.69, 9.17) is 5.11 Å². The van der Waals surface area contributed by atoms with Gasteiger partial charge in [-0.15, -0.1) is 0 Å². The molecule has 0 bridgehead atoms. The van der Waals surface area contributed by atoms with Crippen molar-refractivity contribution in [2.75, 3.05) is 13.1 Å². The van der Waals surface area contributed by atoms with Crippen molar-refractivity contribution in [1.29, 1.82) is 0 Å². The smallest absolute Gasteiger partial charge is 0.407 e. The summed E-state index contributed by atoms with van der Waals surface area (Å²) >= 11 is 0. The molecule has 16 heavy (non-hydrogen) atoms. The minimum Gasteiger partial charge on any atom is -0.465 e. The van der Waals surface area contributed by atoms with Crippen LogP contribution in [-0.4, -0.2) is 40.4 Å². The molecule has 0 saturated carbocycles. The normalized spacial score (nSPS) is 25.4. The number of nitrogens with zero attached hydrogens (tertiary/aromatic N) is 1. The van der Waals surface area contributed by atoms with E-state index in [-0.39, 0.29) is 5.92 Å². The highest BCUT2D eigenvalue weighted by Gasteiger charge is 2.30. The zero-order valence-electron chi connectivity index (χ0n) is 8.91. The van der Waals surface area contributed by atoms with Crippen LogP contribution in [0.5, 0.6) is 0 Å². The van der Waals surface area contributed by atoms with Crippen molar-refractivity contribution in [3.8, 4) is 0 Å². The van der Waals surface area contributed by atoms with E-state index in [1.165, 1.54) is 4.90 Å². The molecule has 0 aromatic heterocycles. The van der Waals surface area contributed by atoms with Crippen molar-refractivity contribution in [2.24, 2.45) is 0 Å². The van der Waals surface area contributed by atoms with Crippen molar-refractivity contribution in [1.82, 2.24) is 4.90 Å². The molecule has 0 radical (unpaired) electrons. The first kappa shape index (κ1) is 11.0. The summed E-state index contributed by atoms with van der Waals surface area (Å²) in [4.78, 5) is 12.2. The molecule has 1 aromatic rings. The zero-order chi connectivity index (χ0) is 11.5. The summed E-state index contributed by atoms with van der Waals surface area (Å²) in [6.45, 7) is 0.792. The number of aliphatic hydroxyl groups excluding tert-OH is 1. The quantitative estimate of drug-likeness (QED) is 0.755. The maximum Gasteiger partial charge on any atom is 0.407 e. The molecule has 1 heterocycles. The minimum absolute atomic E-state index is 0.106. The van der Waals surface area contributed by atoms with Gasteiger partial charge in [0.25, 0.3) is 0 Å². The second kappa shape index (κ2) is 4.53. The molecule has 1 aliphatic heterocycles. The fourth-order valence-corrected chi connectivity index (χ4v) is 2.14. The fourth-order valence-electron chi connectivity index (χ4n) is 2.14. The monoisotopic (exact) mass is 221 g/mol. The number of likely N-dealkylation sites (tertiary alicyclic amines) is 1. The van der Waals surface area contributed by atoms with Crippen LogP contribution in [-0.2, 0) is 0 Å². The van der Waals surface area contributed by atoms with Crippen LogP contribution in [0, 0.1) is 0 Å². The summed E-state index contributed by atoms with van der Waals surface area (Å²) in [7, 11) is 0. The van der Waals surface area contributed by atoms with Gasteiger partial charge in [-0.25, -0.2) is 4.79 Å². The first-order valence-corrected chi connectivity index (χ1v) is 5.39. The van der Waals surface area contributed by atoms with Crippen LogP contribution in [0.3, 0.4) is 0 Å². The fraction of sp³-hybridized carbons (Fsp3) is 0.417. The van der Waals surface area contributed by atoms with E-state index in [1.807, 2.05) is 30.3 Å². The van der Waals surface area contributed by atoms with Gasteiger partial charge in [-0.1, -0.05) is 30.3 Å². The van der Waals surface area contributed by atoms with Gasteiger partial charge in [-0.05, 0) is 12.0 Å². The largest absolute Gasteiger partial charge is 0.465 e. The Labute approximate surface area is 94.1 Å². The summed E-state index contributed by atoms with van der Waals surface area (Å²) in [6.07, 6.45) is -0.850. The summed E-state index contributed by atoms with van der Waals surface area (Å²) in [5.74, 6) is -0.106. The molecule has 1 fully saturated rings. The summed E-state index contributed by atoms with van der Waals surface area (Å²) in [5.41, 5.74) is 1.00. The van der Waals surface area contributed by atoms with Crippen molar-refractivity contribution in [3.05, 3.63) is 35.9 Å². The van der Waals surface area contributed by atoms with Crippen LogP contribution in [0.15, 0.2) is 30.3 Å². The molecule has 0 unspecified atom stereocenters. The highest BCUT2D eigenvalue weighted by Crippen LogP contribution is 2.27. The zero-order valence-corrected chi connectivity index (χ0v) is 8.91. The lowest BCUT2D eigenvalue weighted by Crippen LogP contribution is -2.44. The number of piperidine rings is 1. The lowest BCUT2D eigenvalue weighted by molar-refractivity contribution is 0.0586. The Morgan fingerprint density at radius 3 is 2.62 bits per heavy atom. The van der Waals surface area contributed by atoms with E-state index in [2.05, 4.69) is 0 Å².